The summed E-state index contributed by atoms with van der Waals surface area (Å²) in [5, 5.41) is 4.60. The van der Waals surface area contributed by atoms with E-state index in [0.29, 0.717) is 19.6 Å². The molecule has 6 heteroatoms. The van der Waals surface area contributed by atoms with Crippen molar-refractivity contribution in [3.8, 4) is 0 Å². The van der Waals surface area contributed by atoms with Gasteiger partial charge >= 0.3 is 11.8 Å². The Morgan fingerprint density at radius 3 is 2.67 bits per heavy atom. The molecule has 0 aromatic heterocycles. The third-order valence-electron chi connectivity index (χ3n) is 2.14. The molecule has 0 aliphatic rings. The third-order valence-corrected chi connectivity index (χ3v) is 2.14. The molecule has 0 atom stereocenters. The Balaban J connectivity index is 2.41. The fraction of sp³-hybridized carbons (Fsp3) is 0.333. The van der Waals surface area contributed by atoms with Gasteiger partial charge in [-0.3, -0.25) is 9.59 Å². The summed E-state index contributed by atoms with van der Waals surface area (Å²) in [6, 6.07) is 5.64. The molecule has 1 rings (SSSR count). The van der Waals surface area contributed by atoms with Crippen LogP contribution in [-0.2, 0) is 14.3 Å². The predicted octanol–water partition coefficient (Wildman–Crippen LogP) is 0.917. The molecule has 0 bridgehead atoms. The lowest BCUT2D eigenvalue weighted by molar-refractivity contribution is -0.136. The van der Waals surface area contributed by atoms with Crippen molar-refractivity contribution in [2.45, 2.75) is 6.42 Å². The number of halogens is 1. The van der Waals surface area contributed by atoms with Crippen molar-refractivity contribution < 1.29 is 18.7 Å². The molecule has 2 N–H and O–H groups in total. The fourth-order valence-electron chi connectivity index (χ4n) is 1.24. The normalized spacial score (nSPS) is 9.89. The van der Waals surface area contributed by atoms with Gasteiger partial charge in [0.15, 0.2) is 0 Å². The van der Waals surface area contributed by atoms with Crippen molar-refractivity contribution >= 4 is 17.5 Å². The SMILES string of the molecule is COCCCNC(=O)C(=O)Nc1ccccc1F. The molecule has 0 radical (unpaired) electrons. The number of hydrogen-bond acceptors (Lipinski definition) is 3. The Morgan fingerprint density at radius 2 is 2.00 bits per heavy atom. The standard InChI is InChI=1S/C12H15FN2O3/c1-18-8-4-7-14-11(16)12(17)15-10-6-3-2-5-9(10)13/h2-3,5-6H,4,7-8H2,1H3,(H,14,16)(H,15,17). The number of nitrogens with one attached hydrogen (secondary N) is 2. The first-order valence-electron chi connectivity index (χ1n) is 5.48. The molecule has 0 spiro atoms. The van der Waals surface area contributed by atoms with Gasteiger partial charge in [0.05, 0.1) is 5.69 Å². The first-order chi connectivity index (χ1) is 8.65. The van der Waals surface area contributed by atoms with E-state index < -0.39 is 17.6 Å². The molecule has 1 aromatic carbocycles. The quantitative estimate of drug-likeness (QED) is 0.606. The maximum absolute atomic E-state index is 13.2. The maximum Gasteiger partial charge on any atom is 0.313 e. The molecule has 0 aliphatic carbocycles. The number of para-hydroxylation sites is 1. The number of anilines is 1. The molecule has 0 saturated heterocycles. The van der Waals surface area contributed by atoms with Crippen molar-refractivity contribution in [3.63, 3.8) is 0 Å². The highest BCUT2D eigenvalue weighted by Crippen LogP contribution is 2.11. The number of carbonyl (C=O) groups is 2. The molecule has 0 unspecified atom stereocenters. The molecule has 5 nitrogen and oxygen atoms in total. The average molecular weight is 254 g/mol. The molecular formula is C12H15FN2O3. The second kappa shape index (κ2) is 7.39. The Kier molecular flexibility index (Phi) is 5.79. The molecule has 1 aromatic rings. The van der Waals surface area contributed by atoms with Gasteiger partial charge in [-0.1, -0.05) is 12.1 Å². The molecule has 0 saturated carbocycles. The third kappa shape index (κ3) is 4.50. The highest BCUT2D eigenvalue weighted by atomic mass is 19.1. The van der Waals surface area contributed by atoms with Crippen LogP contribution in [0.15, 0.2) is 24.3 Å². The molecular weight excluding hydrogens is 239 g/mol. The van der Waals surface area contributed by atoms with Gasteiger partial charge in [0.2, 0.25) is 0 Å². The largest absolute Gasteiger partial charge is 0.385 e. The van der Waals surface area contributed by atoms with Gasteiger partial charge < -0.3 is 15.4 Å². The first kappa shape index (κ1) is 14.1. The van der Waals surface area contributed by atoms with E-state index in [1.807, 2.05) is 0 Å². The predicted molar refractivity (Wildman–Crippen MR) is 64.5 cm³/mol. The zero-order valence-corrected chi connectivity index (χ0v) is 10.0. The molecule has 18 heavy (non-hydrogen) atoms. The van der Waals surface area contributed by atoms with E-state index in [2.05, 4.69) is 10.6 Å². The van der Waals surface area contributed by atoms with E-state index in [1.165, 1.54) is 18.2 Å². The van der Waals surface area contributed by atoms with Crippen LogP contribution in [0.5, 0.6) is 0 Å². The average Bonchev–Trinajstić information content (AvgIpc) is 2.37. The van der Waals surface area contributed by atoms with Crippen molar-refractivity contribution in [3.05, 3.63) is 30.1 Å². The van der Waals surface area contributed by atoms with Crippen LogP contribution in [0, 0.1) is 5.82 Å². The van der Waals surface area contributed by atoms with Crippen molar-refractivity contribution in [1.29, 1.82) is 0 Å². The van der Waals surface area contributed by atoms with Gasteiger partial charge in [-0.05, 0) is 18.6 Å². The van der Waals surface area contributed by atoms with E-state index in [0.717, 1.165) is 0 Å². The lowest BCUT2D eigenvalue weighted by Crippen LogP contribution is -2.36. The summed E-state index contributed by atoms with van der Waals surface area (Å²) in [7, 11) is 1.55. The number of amides is 2. The Morgan fingerprint density at radius 1 is 1.28 bits per heavy atom. The molecule has 98 valence electrons. The monoisotopic (exact) mass is 254 g/mol. The van der Waals surface area contributed by atoms with Crippen molar-refractivity contribution in [2.24, 2.45) is 0 Å². The van der Waals surface area contributed by atoms with Crippen LogP contribution < -0.4 is 10.6 Å². The number of hydrogen-bond donors (Lipinski definition) is 2. The van der Waals surface area contributed by atoms with Gasteiger partial charge in [0, 0.05) is 20.3 Å². The smallest absolute Gasteiger partial charge is 0.313 e. The molecule has 0 heterocycles. The second-order valence-electron chi connectivity index (χ2n) is 3.54. The van der Waals surface area contributed by atoms with Crippen LogP contribution in [0.25, 0.3) is 0 Å². The zero-order valence-electron chi connectivity index (χ0n) is 10.0. The van der Waals surface area contributed by atoms with Crippen LogP contribution in [0.4, 0.5) is 10.1 Å². The summed E-state index contributed by atoms with van der Waals surface area (Å²) in [6.07, 6.45) is 0.606. The Bertz CT molecular complexity index is 424. The lowest BCUT2D eigenvalue weighted by Gasteiger charge is -2.06. The molecule has 2 amide bonds. The van der Waals surface area contributed by atoms with Crippen molar-refractivity contribution in [2.75, 3.05) is 25.6 Å². The Labute approximate surface area is 104 Å². The summed E-state index contributed by atoms with van der Waals surface area (Å²) in [4.78, 5) is 22.7. The van der Waals surface area contributed by atoms with E-state index in [-0.39, 0.29) is 5.69 Å². The van der Waals surface area contributed by atoms with Crippen LogP contribution in [0.3, 0.4) is 0 Å². The number of carbonyl (C=O) groups excluding carboxylic acids is 2. The highest BCUT2D eigenvalue weighted by molar-refractivity contribution is 6.39. The zero-order chi connectivity index (χ0) is 13.4. The number of benzene rings is 1. The number of rotatable bonds is 5. The Hall–Kier alpha value is -1.95. The lowest BCUT2D eigenvalue weighted by atomic mass is 10.3. The summed E-state index contributed by atoms with van der Waals surface area (Å²) in [5.74, 6) is -2.27. The maximum atomic E-state index is 13.2. The van der Waals surface area contributed by atoms with E-state index in [1.54, 1.807) is 13.2 Å². The van der Waals surface area contributed by atoms with E-state index in [9.17, 15) is 14.0 Å². The molecule has 0 aliphatic heterocycles. The van der Waals surface area contributed by atoms with Crippen LogP contribution >= 0.6 is 0 Å². The first-order valence-corrected chi connectivity index (χ1v) is 5.48. The van der Waals surface area contributed by atoms with Gasteiger partial charge in [-0.25, -0.2) is 4.39 Å². The summed E-state index contributed by atoms with van der Waals surface area (Å²) in [6.45, 7) is 0.826. The van der Waals surface area contributed by atoms with Gasteiger partial charge in [0.25, 0.3) is 0 Å². The number of methoxy groups -OCH3 is 1. The van der Waals surface area contributed by atoms with Gasteiger partial charge in [0.1, 0.15) is 5.82 Å². The minimum absolute atomic E-state index is 0.0189. The fourth-order valence-corrected chi connectivity index (χ4v) is 1.24. The topological polar surface area (TPSA) is 67.4 Å². The van der Waals surface area contributed by atoms with Gasteiger partial charge in [-0.15, -0.1) is 0 Å². The summed E-state index contributed by atoms with van der Waals surface area (Å²) >= 11 is 0. The number of ether oxygens (including phenoxy) is 1. The summed E-state index contributed by atoms with van der Waals surface area (Å²) < 4.78 is 18.0. The van der Waals surface area contributed by atoms with E-state index >= 15 is 0 Å². The van der Waals surface area contributed by atoms with Gasteiger partial charge in [-0.2, -0.15) is 0 Å². The highest BCUT2D eigenvalue weighted by Gasteiger charge is 2.14. The van der Waals surface area contributed by atoms with Crippen LogP contribution in [0.1, 0.15) is 6.42 Å². The second-order valence-corrected chi connectivity index (χ2v) is 3.54. The van der Waals surface area contributed by atoms with Crippen LogP contribution in [0.2, 0.25) is 0 Å². The van der Waals surface area contributed by atoms with E-state index in [4.69, 9.17) is 4.74 Å². The van der Waals surface area contributed by atoms with Crippen LogP contribution in [-0.4, -0.2) is 32.1 Å². The van der Waals surface area contributed by atoms with Crippen molar-refractivity contribution in [1.82, 2.24) is 5.32 Å². The minimum Gasteiger partial charge on any atom is -0.385 e. The minimum atomic E-state index is -0.891. The molecule has 0 fully saturated rings. The summed E-state index contributed by atoms with van der Waals surface area (Å²) in [5.41, 5.74) is -0.0189.